The minimum Gasteiger partial charge on any atom is -0.352 e. The first-order chi connectivity index (χ1) is 12.7. The molecule has 1 aliphatic carbocycles. The molecule has 0 spiro atoms. The molecule has 0 unspecified atom stereocenters. The number of halogens is 1. The Bertz CT molecular complexity index is 786. The van der Waals surface area contributed by atoms with Crippen molar-refractivity contribution < 1.29 is 4.79 Å². The van der Waals surface area contributed by atoms with Crippen molar-refractivity contribution in [2.45, 2.75) is 39.3 Å². The van der Waals surface area contributed by atoms with Crippen molar-refractivity contribution in [2.24, 2.45) is 10.9 Å². The molecule has 3 N–H and O–H groups in total. The molecule has 1 fully saturated rings. The zero-order chi connectivity index (χ0) is 18.4. The molecule has 146 valence electrons. The second-order valence-electron chi connectivity index (χ2n) is 6.62. The molecule has 0 aliphatic heterocycles. The van der Waals surface area contributed by atoms with Crippen molar-refractivity contribution in [1.82, 2.24) is 10.6 Å². The Labute approximate surface area is 182 Å². The van der Waals surface area contributed by atoms with Crippen molar-refractivity contribution in [3.63, 3.8) is 0 Å². The fourth-order valence-corrected chi connectivity index (χ4v) is 3.68. The summed E-state index contributed by atoms with van der Waals surface area (Å²) in [6, 6.07) is 10.1. The number of anilines is 1. The van der Waals surface area contributed by atoms with Gasteiger partial charge in [0.1, 0.15) is 0 Å². The van der Waals surface area contributed by atoms with Crippen LogP contribution in [0.4, 0.5) is 5.69 Å². The molecular formula is C20H27IN4OS. The normalized spacial score (nSPS) is 14.1. The molecule has 1 saturated carbocycles. The fraction of sp³-hybridized carbons (Fsp3) is 0.400. The summed E-state index contributed by atoms with van der Waals surface area (Å²) < 4.78 is 0. The topological polar surface area (TPSA) is 65.5 Å². The summed E-state index contributed by atoms with van der Waals surface area (Å²) in [4.78, 5) is 17.7. The molecule has 0 bridgehead atoms. The molecule has 0 saturated heterocycles. The Morgan fingerprint density at radius 3 is 2.63 bits per heavy atom. The maximum atomic E-state index is 12.1. The molecule has 2 aromatic rings. The Kier molecular flexibility index (Phi) is 8.56. The van der Waals surface area contributed by atoms with Gasteiger partial charge in [-0.15, -0.1) is 35.3 Å². The number of thiophene rings is 1. The lowest BCUT2D eigenvalue weighted by Gasteiger charge is -2.24. The summed E-state index contributed by atoms with van der Waals surface area (Å²) >= 11 is 1.75. The molecule has 1 aromatic heterocycles. The molecule has 0 atom stereocenters. The van der Waals surface area contributed by atoms with Crippen LogP contribution in [0.2, 0.25) is 0 Å². The van der Waals surface area contributed by atoms with Gasteiger partial charge in [-0.25, -0.2) is 0 Å². The summed E-state index contributed by atoms with van der Waals surface area (Å²) in [7, 11) is 1.77. The maximum Gasteiger partial charge on any atom is 0.227 e. The first-order valence-electron chi connectivity index (χ1n) is 9.03. The number of rotatable bonds is 6. The molecule has 1 aromatic carbocycles. The highest BCUT2D eigenvalue weighted by Gasteiger charge is 2.25. The number of nitrogens with one attached hydrogen (secondary N) is 3. The van der Waals surface area contributed by atoms with Gasteiger partial charge in [-0.1, -0.05) is 18.6 Å². The molecule has 1 amide bonds. The third-order valence-corrected chi connectivity index (χ3v) is 5.76. The third-order valence-electron chi connectivity index (χ3n) is 4.74. The summed E-state index contributed by atoms with van der Waals surface area (Å²) in [5.74, 6) is 1.10. The Morgan fingerprint density at radius 2 is 2.00 bits per heavy atom. The summed E-state index contributed by atoms with van der Waals surface area (Å²) in [5, 5.41) is 11.8. The van der Waals surface area contributed by atoms with Crippen LogP contribution in [0, 0.1) is 12.8 Å². The van der Waals surface area contributed by atoms with Crippen LogP contribution in [0.15, 0.2) is 40.7 Å². The number of carbonyl (C=O) groups excluding carboxylic acids is 1. The summed E-state index contributed by atoms with van der Waals surface area (Å²) in [6.07, 6.45) is 3.19. The average Bonchev–Trinajstić information content (AvgIpc) is 2.99. The Morgan fingerprint density at radius 1 is 1.22 bits per heavy atom. The van der Waals surface area contributed by atoms with Crippen LogP contribution in [0.1, 0.15) is 35.3 Å². The SMILES string of the molecule is CN=C(NCc1cccc(NC(=O)C2CCC2)c1)NCc1sccc1C.I. The van der Waals surface area contributed by atoms with Crippen LogP contribution in [-0.4, -0.2) is 18.9 Å². The molecule has 5 nitrogen and oxygen atoms in total. The highest BCUT2D eigenvalue weighted by atomic mass is 127. The second-order valence-corrected chi connectivity index (χ2v) is 7.62. The van der Waals surface area contributed by atoms with E-state index in [2.05, 4.69) is 39.3 Å². The van der Waals surface area contributed by atoms with Gasteiger partial charge in [-0.05, 0) is 54.5 Å². The molecule has 1 aliphatic rings. The predicted molar refractivity (Wildman–Crippen MR) is 124 cm³/mol. The van der Waals surface area contributed by atoms with Gasteiger partial charge in [-0.3, -0.25) is 9.79 Å². The largest absolute Gasteiger partial charge is 0.352 e. The fourth-order valence-electron chi connectivity index (χ4n) is 2.83. The van der Waals surface area contributed by atoms with Crippen molar-refractivity contribution >= 4 is 52.9 Å². The van der Waals surface area contributed by atoms with Gasteiger partial charge in [0.2, 0.25) is 5.91 Å². The number of hydrogen-bond acceptors (Lipinski definition) is 3. The number of carbonyl (C=O) groups is 1. The van der Waals surface area contributed by atoms with Crippen molar-refractivity contribution in [3.05, 3.63) is 51.7 Å². The molecular weight excluding hydrogens is 471 g/mol. The zero-order valence-electron chi connectivity index (χ0n) is 15.7. The quantitative estimate of drug-likeness (QED) is 0.317. The van der Waals surface area contributed by atoms with Crippen molar-refractivity contribution in [3.8, 4) is 0 Å². The van der Waals surface area contributed by atoms with Gasteiger partial charge in [0.25, 0.3) is 0 Å². The smallest absolute Gasteiger partial charge is 0.227 e. The van der Waals surface area contributed by atoms with Crippen LogP contribution in [0.25, 0.3) is 0 Å². The van der Waals surface area contributed by atoms with Crippen LogP contribution < -0.4 is 16.0 Å². The number of aliphatic imine (C=N–C) groups is 1. The lowest BCUT2D eigenvalue weighted by Crippen LogP contribution is -2.36. The van der Waals surface area contributed by atoms with E-state index in [0.717, 1.165) is 36.6 Å². The van der Waals surface area contributed by atoms with Gasteiger partial charge >= 0.3 is 0 Å². The van der Waals surface area contributed by atoms with E-state index in [0.29, 0.717) is 6.54 Å². The third kappa shape index (κ3) is 6.21. The standard InChI is InChI=1S/C20H26N4OS.HI/c1-14-9-10-26-18(14)13-23-20(21-2)22-12-15-5-3-8-17(11-15)24-19(25)16-6-4-7-16;/h3,5,8-11,16H,4,6-7,12-13H2,1-2H3,(H,24,25)(H2,21,22,23);1H. The van der Waals surface area contributed by atoms with Gasteiger partial charge in [0.05, 0.1) is 6.54 Å². The van der Waals surface area contributed by atoms with Gasteiger partial charge in [0.15, 0.2) is 5.96 Å². The molecule has 3 rings (SSSR count). The number of hydrogen-bond donors (Lipinski definition) is 3. The highest BCUT2D eigenvalue weighted by molar-refractivity contribution is 14.0. The monoisotopic (exact) mass is 498 g/mol. The predicted octanol–water partition coefficient (Wildman–Crippen LogP) is 4.28. The van der Waals surface area contributed by atoms with E-state index in [1.54, 1.807) is 18.4 Å². The van der Waals surface area contributed by atoms with E-state index >= 15 is 0 Å². The molecule has 0 radical (unpaired) electrons. The van der Waals surface area contributed by atoms with E-state index in [4.69, 9.17) is 0 Å². The first kappa shape index (κ1) is 21.7. The average molecular weight is 498 g/mol. The summed E-state index contributed by atoms with van der Waals surface area (Å²) in [6.45, 7) is 3.53. The van der Waals surface area contributed by atoms with E-state index < -0.39 is 0 Å². The zero-order valence-corrected chi connectivity index (χ0v) is 18.9. The number of aryl methyl sites for hydroxylation is 1. The highest BCUT2D eigenvalue weighted by Crippen LogP contribution is 2.27. The van der Waals surface area contributed by atoms with Crippen LogP contribution in [0.3, 0.4) is 0 Å². The van der Waals surface area contributed by atoms with E-state index in [9.17, 15) is 4.79 Å². The molecule has 1 heterocycles. The van der Waals surface area contributed by atoms with Crippen molar-refractivity contribution in [2.75, 3.05) is 12.4 Å². The maximum absolute atomic E-state index is 12.1. The van der Waals surface area contributed by atoms with Gasteiger partial charge in [-0.2, -0.15) is 0 Å². The van der Waals surface area contributed by atoms with Crippen LogP contribution >= 0.6 is 35.3 Å². The lowest BCUT2D eigenvalue weighted by molar-refractivity contribution is -0.122. The van der Waals surface area contributed by atoms with E-state index in [1.807, 2.05) is 24.3 Å². The minimum atomic E-state index is 0. The van der Waals surface area contributed by atoms with Crippen LogP contribution in [-0.2, 0) is 17.9 Å². The number of amides is 1. The second kappa shape index (κ2) is 10.7. The van der Waals surface area contributed by atoms with Gasteiger partial charge in [0, 0.05) is 30.1 Å². The van der Waals surface area contributed by atoms with E-state index in [-0.39, 0.29) is 35.8 Å². The van der Waals surface area contributed by atoms with E-state index in [1.165, 1.54) is 16.9 Å². The lowest BCUT2D eigenvalue weighted by atomic mass is 9.85. The first-order valence-corrected chi connectivity index (χ1v) is 9.91. The number of benzene rings is 1. The van der Waals surface area contributed by atoms with Gasteiger partial charge < -0.3 is 16.0 Å². The molecule has 7 heteroatoms. The Hall–Kier alpha value is -1.61. The number of nitrogens with zero attached hydrogens (tertiary/aromatic N) is 1. The van der Waals surface area contributed by atoms with Crippen molar-refractivity contribution in [1.29, 1.82) is 0 Å². The minimum absolute atomic E-state index is 0. The number of guanidine groups is 1. The molecule has 27 heavy (non-hydrogen) atoms. The Balaban J connectivity index is 0.00000261. The van der Waals surface area contributed by atoms with Crippen LogP contribution in [0.5, 0.6) is 0 Å². The summed E-state index contributed by atoms with van der Waals surface area (Å²) in [5.41, 5.74) is 3.26.